The summed E-state index contributed by atoms with van der Waals surface area (Å²) in [5.41, 5.74) is 0.597. The lowest BCUT2D eigenvalue weighted by Gasteiger charge is -2.20. The van der Waals surface area contributed by atoms with Crippen LogP contribution in [0.5, 0.6) is 0 Å². The van der Waals surface area contributed by atoms with Crippen LogP contribution in [-0.4, -0.2) is 15.8 Å². The topological polar surface area (TPSA) is 56.0 Å². The molecule has 0 spiro atoms. The molecule has 1 heterocycles. The Morgan fingerprint density at radius 3 is 2.82 bits per heavy atom. The zero-order chi connectivity index (χ0) is 12.5. The first-order chi connectivity index (χ1) is 7.99. The summed E-state index contributed by atoms with van der Waals surface area (Å²) in [5, 5.41) is 10.8. The van der Waals surface area contributed by atoms with Crippen molar-refractivity contribution >= 4 is 11.3 Å². The van der Waals surface area contributed by atoms with Crippen molar-refractivity contribution in [3.63, 3.8) is 0 Å². The van der Waals surface area contributed by atoms with Crippen LogP contribution in [0.4, 0.5) is 14.5 Å². The molecule has 0 radical (unpaired) electrons. The van der Waals surface area contributed by atoms with Crippen molar-refractivity contribution in [3.05, 3.63) is 40.2 Å². The third kappa shape index (κ3) is 2.46. The van der Waals surface area contributed by atoms with Gasteiger partial charge in [0, 0.05) is 25.1 Å². The van der Waals surface area contributed by atoms with Crippen LogP contribution in [0.15, 0.2) is 24.4 Å². The molecular weight excluding hydrogens is 230 g/mol. The Labute approximate surface area is 96.1 Å². The Balaban J connectivity index is 2.36. The number of halogens is 2. The lowest BCUT2D eigenvalue weighted by atomic mass is 9.93. The second-order valence-electron chi connectivity index (χ2n) is 3.92. The Kier molecular flexibility index (Phi) is 2.87. The van der Waals surface area contributed by atoms with Gasteiger partial charge in [0.15, 0.2) is 0 Å². The van der Waals surface area contributed by atoms with Crippen molar-refractivity contribution in [1.82, 2.24) is 4.98 Å². The van der Waals surface area contributed by atoms with Crippen LogP contribution in [0.2, 0.25) is 0 Å². The number of allylic oxidation sites excluding steroid dienone is 2. The van der Waals surface area contributed by atoms with Gasteiger partial charge in [0.2, 0.25) is 0 Å². The zero-order valence-electron chi connectivity index (χ0n) is 8.90. The first-order valence-electron chi connectivity index (χ1n) is 5.16. The van der Waals surface area contributed by atoms with Crippen molar-refractivity contribution < 1.29 is 13.7 Å². The second kappa shape index (κ2) is 4.20. The highest BCUT2D eigenvalue weighted by atomic mass is 19.3. The highest BCUT2D eigenvalue weighted by molar-refractivity contribution is 5.70. The number of rotatable bonds is 2. The first kappa shape index (κ1) is 11.6. The normalized spacial score (nSPS) is 18.6. The van der Waals surface area contributed by atoms with Crippen LogP contribution < -0.4 is 0 Å². The lowest BCUT2D eigenvalue weighted by molar-refractivity contribution is -0.385. The minimum atomic E-state index is -2.70. The molecule has 0 fully saturated rings. The van der Waals surface area contributed by atoms with E-state index < -0.39 is 10.8 Å². The Morgan fingerprint density at radius 2 is 2.24 bits per heavy atom. The largest absolute Gasteiger partial charge is 0.295 e. The van der Waals surface area contributed by atoms with Crippen LogP contribution in [0, 0.1) is 10.1 Å². The highest BCUT2D eigenvalue weighted by Crippen LogP contribution is 2.37. The first-order valence-corrected chi connectivity index (χ1v) is 5.16. The fourth-order valence-electron chi connectivity index (χ4n) is 1.80. The summed E-state index contributed by atoms with van der Waals surface area (Å²) in [6.45, 7) is 0. The number of hydrogen-bond donors (Lipinski definition) is 0. The molecule has 0 saturated heterocycles. The summed E-state index contributed by atoms with van der Waals surface area (Å²) in [6.07, 6.45) is 2.22. The molecule has 0 N–H and O–H groups in total. The predicted octanol–water partition coefficient (Wildman–Crippen LogP) is 3.19. The molecular formula is C11H10F2N2O2. The monoisotopic (exact) mass is 240 g/mol. The maximum atomic E-state index is 13.0. The van der Waals surface area contributed by atoms with E-state index in [1.165, 1.54) is 24.4 Å². The minimum absolute atomic E-state index is 0.116. The minimum Gasteiger partial charge on any atom is -0.258 e. The molecule has 0 aliphatic heterocycles. The average Bonchev–Trinajstić information content (AvgIpc) is 2.29. The molecule has 0 bridgehead atoms. The standard InChI is InChI=1S/C11H10F2N2O2/c12-11(13)5-3-8(4-6-11)10-9(15(16)17)2-1-7-14-10/h1-3,7H,4-6H2. The number of nitrogens with zero attached hydrogens (tertiary/aromatic N) is 2. The molecule has 0 aromatic carbocycles. The predicted molar refractivity (Wildman–Crippen MR) is 57.7 cm³/mol. The van der Waals surface area contributed by atoms with Gasteiger partial charge in [-0.25, -0.2) is 13.8 Å². The van der Waals surface area contributed by atoms with E-state index in [-0.39, 0.29) is 30.6 Å². The number of hydrogen-bond acceptors (Lipinski definition) is 3. The van der Waals surface area contributed by atoms with Crippen molar-refractivity contribution in [2.45, 2.75) is 25.2 Å². The fraction of sp³-hybridized carbons (Fsp3) is 0.364. The summed E-state index contributed by atoms with van der Waals surface area (Å²) in [7, 11) is 0. The summed E-state index contributed by atoms with van der Waals surface area (Å²) in [6, 6.07) is 2.79. The molecule has 1 aliphatic rings. The summed E-state index contributed by atoms with van der Waals surface area (Å²) in [4.78, 5) is 14.2. The molecule has 0 saturated carbocycles. The molecule has 1 aromatic heterocycles. The van der Waals surface area contributed by atoms with E-state index in [2.05, 4.69) is 4.98 Å². The third-order valence-corrected chi connectivity index (χ3v) is 2.69. The van der Waals surface area contributed by atoms with Gasteiger partial charge in [-0.15, -0.1) is 0 Å². The van der Waals surface area contributed by atoms with E-state index in [4.69, 9.17) is 0 Å². The quantitative estimate of drug-likeness (QED) is 0.589. The van der Waals surface area contributed by atoms with E-state index in [0.717, 1.165) is 0 Å². The van der Waals surface area contributed by atoms with E-state index in [9.17, 15) is 18.9 Å². The molecule has 2 rings (SSSR count). The van der Waals surface area contributed by atoms with Crippen molar-refractivity contribution in [3.8, 4) is 0 Å². The maximum absolute atomic E-state index is 13.0. The van der Waals surface area contributed by atoms with Crippen molar-refractivity contribution in [2.24, 2.45) is 0 Å². The van der Waals surface area contributed by atoms with Gasteiger partial charge < -0.3 is 0 Å². The molecule has 1 aromatic rings. The number of pyridine rings is 1. The molecule has 0 amide bonds. The summed E-state index contributed by atoms with van der Waals surface area (Å²) in [5.74, 6) is -2.70. The van der Waals surface area contributed by atoms with Gasteiger partial charge in [0.25, 0.3) is 11.6 Å². The Hall–Kier alpha value is -1.85. The Morgan fingerprint density at radius 1 is 1.47 bits per heavy atom. The lowest BCUT2D eigenvalue weighted by Crippen LogP contribution is -2.18. The van der Waals surface area contributed by atoms with Crippen LogP contribution in [-0.2, 0) is 0 Å². The number of alkyl halides is 2. The molecule has 6 heteroatoms. The summed E-state index contributed by atoms with van der Waals surface area (Å²) >= 11 is 0. The molecule has 90 valence electrons. The van der Waals surface area contributed by atoms with Crippen LogP contribution in [0.25, 0.3) is 5.57 Å². The SMILES string of the molecule is O=[N+]([O-])c1cccnc1C1=CCC(F)(F)CC1. The number of nitro groups is 1. The van der Waals surface area contributed by atoms with Crippen LogP contribution >= 0.6 is 0 Å². The van der Waals surface area contributed by atoms with E-state index in [0.29, 0.717) is 5.57 Å². The summed E-state index contributed by atoms with van der Waals surface area (Å²) < 4.78 is 25.9. The Bertz CT molecular complexity index is 486. The van der Waals surface area contributed by atoms with Gasteiger partial charge in [-0.2, -0.15) is 0 Å². The third-order valence-electron chi connectivity index (χ3n) is 2.69. The van der Waals surface area contributed by atoms with E-state index >= 15 is 0 Å². The molecule has 17 heavy (non-hydrogen) atoms. The zero-order valence-corrected chi connectivity index (χ0v) is 8.90. The average molecular weight is 240 g/mol. The maximum Gasteiger partial charge on any atom is 0.295 e. The number of aromatic nitrogens is 1. The van der Waals surface area contributed by atoms with Crippen molar-refractivity contribution in [2.75, 3.05) is 0 Å². The second-order valence-corrected chi connectivity index (χ2v) is 3.92. The molecule has 0 atom stereocenters. The van der Waals surface area contributed by atoms with Crippen LogP contribution in [0.3, 0.4) is 0 Å². The van der Waals surface area contributed by atoms with Gasteiger partial charge in [0.05, 0.1) is 4.92 Å². The van der Waals surface area contributed by atoms with Gasteiger partial charge in [0.1, 0.15) is 5.69 Å². The van der Waals surface area contributed by atoms with Crippen LogP contribution in [0.1, 0.15) is 25.0 Å². The molecule has 0 unspecified atom stereocenters. The van der Waals surface area contributed by atoms with Gasteiger partial charge in [-0.3, -0.25) is 10.1 Å². The van der Waals surface area contributed by atoms with Gasteiger partial charge in [-0.05, 0) is 18.1 Å². The molecule has 4 nitrogen and oxygen atoms in total. The van der Waals surface area contributed by atoms with Gasteiger partial charge in [-0.1, -0.05) is 6.08 Å². The smallest absolute Gasteiger partial charge is 0.258 e. The highest BCUT2D eigenvalue weighted by Gasteiger charge is 2.32. The molecule has 1 aliphatic carbocycles. The van der Waals surface area contributed by atoms with Crippen molar-refractivity contribution in [1.29, 1.82) is 0 Å². The fourth-order valence-corrected chi connectivity index (χ4v) is 1.80. The van der Waals surface area contributed by atoms with Gasteiger partial charge >= 0.3 is 0 Å². The van der Waals surface area contributed by atoms with E-state index in [1.807, 2.05) is 0 Å². The van der Waals surface area contributed by atoms with E-state index in [1.54, 1.807) is 0 Å².